The number of nitrogens with one attached hydrogen (secondary N) is 1. The van der Waals surface area contributed by atoms with Gasteiger partial charge in [0.25, 0.3) is 0 Å². The third-order valence-electron chi connectivity index (χ3n) is 16.1. The van der Waals surface area contributed by atoms with E-state index in [1.807, 2.05) is 128 Å². The molecule has 0 aliphatic carbocycles. The summed E-state index contributed by atoms with van der Waals surface area (Å²) in [6.07, 6.45) is 0.198. The standard InChI is InChI=1S/C23H25ClN6OS.C23H25ClN4O2S.C19H17ClN4O2S/c1-13-14(2)32-23-20(13)21(16-4-6-17(24)7-5-16)26-18(22-28-27-15(3)30(22)23)12-19(31)29-10-8-25-9-11-29;1-12-13(2)31-22-19(12)20(15-7-9-16(24)10-8-15)25-17(11-18(29)30-23(4,5)6)21-27-26-14(3)28(21)22;1-9-10(2)27-19-16(9)17(12-4-6-13(20)7-5-12)21-14(8-15(25)26)18-23-22-11(3)24(18)19/h4-7,18,25H,8-12H2,1-3H3;7-10,17H,11H2,1-6H3;4-7,14H,8H2,1-3H3,(H,25,26)/t18-;17-;14-/m000/s1. The number of fused-ring (bicyclic) bond motifs is 9. The molecule has 9 aromatic rings. The van der Waals surface area contributed by atoms with Crippen LogP contribution in [0.1, 0.15) is 158 Å². The minimum atomic E-state index is -0.926. The topological polar surface area (TPSA) is 225 Å². The highest BCUT2D eigenvalue weighted by Gasteiger charge is 2.37. The number of aromatic nitrogens is 9. The van der Waals surface area contributed by atoms with Crippen LogP contribution < -0.4 is 5.32 Å². The fourth-order valence-corrected chi connectivity index (χ4v) is 15.3. The van der Waals surface area contributed by atoms with Gasteiger partial charge in [-0.2, -0.15) is 0 Å². The second-order valence-electron chi connectivity index (χ2n) is 23.4. The molecule has 4 aliphatic heterocycles. The number of piperazine rings is 1. The van der Waals surface area contributed by atoms with Crippen molar-refractivity contribution in [2.45, 2.75) is 126 Å². The van der Waals surface area contributed by atoms with Gasteiger partial charge in [0.15, 0.2) is 17.5 Å². The van der Waals surface area contributed by atoms with Crippen LogP contribution in [0.15, 0.2) is 87.8 Å². The van der Waals surface area contributed by atoms with Crippen molar-refractivity contribution in [3.63, 3.8) is 0 Å². The number of aliphatic imine (C=N–C) groups is 3. The van der Waals surface area contributed by atoms with Crippen LogP contribution >= 0.6 is 68.8 Å². The van der Waals surface area contributed by atoms with Gasteiger partial charge in [-0.05, 0) is 136 Å². The van der Waals surface area contributed by atoms with Gasteiger partial charge in [-0.25, -0.2) is 0 Å². The average molecular weight is 1330 g/mol. The molecule has 25 heteroatoms. The molecule has 1 amide bonds. The fourth-order valence-electron chi connectivity index (χ4n) is 11.3. The quantitative estimate of drug-likeness (QED) is 0.129. The summed E-state index contributed by atoms with van der Waals surface area (Å²) in [6, 6.07) is 21.3. The van der Waals surface area contributed by atoms with Crippen LogP contribution in [-0.2, 0) is 19.1 Å². The number of esters is 1. The summed E-state index contributed by atoms with van der Waals surface area (Å²) in [6.45, 7) is 27.0. The highest BCUT2D eigenvalue weighted by atomic mass is 35.5. The van der Waals surface area contributed by atoms with Crippen molar-refractivity contribution in [2.24, 2.45) is 15.0 Å². The van der Waals surface area contributed by atoms with Crippen molar-refractivity contribution in [3.05, 3.63) is 188 Å². The Hall–Kier alpha value is -7.57. The molecule has 0 saturated carbocycles. The van der Waals surface area contributed by atoms with Gasteiger partial charge in [0.05, 0.1) is 36.4 Å². The monoisotopic (exact) mass is 1320 g/mol. The largest absolute Gasteiger partial charge is 0.481 e. The molecule has 90 heavy (non-hydrogen) atoms. The van der Waals surface area contributed by atoms with Crippen LogP contribution in [0, 0.1) is 62.3 Å². The van der Waals surface area contributed by atoms with Crippen LogP contribution in [0.4, 0.5) is 0 Å². The van der Waals surface area contributed by atoms with E-state index in [2.05, 4.69) is 82.0 Å². The maximum absolute atomic E-state index is 13.2. The van der Waals surface area contributed by atoms with Crippen LogP contribution in [0.5, 0.6) is 0 Å². The predicted molar refractivity (Wildman–Crippen MR) is 357 cm³/mol. The van der Waals surface area contributed by atoms with E-state index in [-0.39, 0.29) is 31.1 Å². The molecule has 0 bridgehead atoms. The number of amides is 1. The van der Waals surface area contributed by atoms with Crippen molar-refractivity contribution in [3.8, 4) is 15.0 Å². The number of hydrogen-bond acceptors (Lipinski definition) is 17. The summed E-state index contributed by atoms with van der Waals surface area (Å²) in [5, 5.41) is 43.7. The summed E-state index contributed by atoms with van der Waals surface area (Å²) >= 11 is 23.4. The molecule has 3 atom stereocenters. The van der Waals surface area contributed by atoms with Crippen molar-refractivity contribution >= 4 is 104 Å². The molecule has 3 aromatic carbocycles. The van der Waals surface area contributed by atoms with E-state index in [9.17, 15) is 19.5 Å². The number of carbonyl (C=O) groups excluding carboxylic acids is 2. The number of nitrogens with zero attached hydrogens (tertiary/aromatic N) is 13. The average Bonchev–Trinajstić information content (AvgIpc) is 1.63. The minimum Gasteiger partial charge on any atom is -0.481 e. The van der Waals surface area contributed by atoms with Gasteiger partial charge < -0.3 is 20.1 Å². The Morgan fingerprint density at radius 1 is 0.511 bits per heavy atom. The SMILES string of the molecule is Cc1sc2c(c1C)C(c1ccc(Cl)cc1)=N[C@@H](CC(=O)N1CCNCC1)c1nnc(C)n1-2.Cc1sc2c(c1C)C(c1ccc(Cl)cc1)=N[C@@H](CC(=O)O)c1nnc(C)n1-2.Cc1sc2c(c1C)C(c1ccc(Cl)cc1)=N[C@@H](CC(=O)OC(C)(C)C)c1nnc(C)n1-2. The smallest absolute Gasteiger partial charge is 0.308 e. The molecule has 1 saturated heterocycles. The zero-order valence-corrected chi connectivity index (χ0v) is 56.6. The minimum absolute atomic E-state index is 0.0828. The predicted octanol–water partition coefficient (Wildman–Crippen LogP) is 13.4. The van der Waals surface area contributed by atoms with Gasteiger partial charge >= 0.3 is 11.9 Å². The lowest BCUT2D eigenvalue weighted by Gasteiger charge is -2.28. The number of carboxylic acids is 1. The Balaban J connectivity index is 0.000000139. The number of benzene rings is 3. The lowest BCUT2D eigenvalue weighted by molar-refractivity contribution is -0.155. The molecule has 10 heterocycles. The second-order valence-corrected chi connectivity index (χ2v) is 28.4. The normalized spacial score (nSPS) is 16.5. The fraction of sp³-hybridized carbons (Fsp3) is 0.354. The zero-order valence-electron chi connectivity index (χ0n) is 51.9. The van der Waals surface area contributed by atoms with Gasteiger partial charge in [0.2, 0.25) is 5.91 Å². The van der Waals surface area contributed by atoms with Crippen LogP contribution in [0.3, 0.4) is 0 Å². The maximum Gasteiger partial charge on any atom is 0.308 e. The summed E-state index contributed by atoms with van der Waals surface area (Å²) in [7, 11) is 0. The van der Waals surface area contributed by atoms with Gasteiger partial charge in [0, 0.05) is 89.3 Å². The van der Waals surface area contributed by atoms with E-state index in [4.69, 9.17) is 54.5 Å². The van der Waals surface area contributed by atoms with Gasteiger partial charge in [-0.1, -0.05) is 71.2 Å². The van der Waals surface area contributed by atoms with Gasteiger partial charge in [-0.3, -0.25) is 43.1 Å². The molecule has 466 valence electrons. The molecule has 0 unspecified atom stereocenters. The van der Waals surface area contributed by atoms with Crippen molar-refractivity contribution in [2.75, 3.05) is 26.2 Å². The van der Waals surface area contributed by atoms with E-state index >= 15 is 0 Å². The molecule has 2 N–H and O–H groups in total. The first-order valence-corrected chi connectivity index (χ1v) is 32.9. The Morgan fingerprint density at radius 2 is 0.833 bits per heavy atom. The number of halogens is 3. The number of ether oxygens (including phenoxy) is 1. The van der Waals surface area contributed by atoms with Crippen LogP contribution in [0.2, 0.25) is 15.1 Å². The van der Waals surface area contributed by atoms with E-state index in [1.165, 1.54) is 20.2 Å². The first-order chi connectivity index (χ1) is 42.8. The summed E-state index contributed by atoms with van der Waals surface area (Å²) in [5.41, 5.74) is 11.3. The summed E-state index contributed by atoms with van der Waals surface area (Å²) < 4.78 is 11.6. The maximum atomic E-state index is 13.2. The number of rotatable bonds is 9. The van der Waals surface area contributed by atoms with Crippen molar-refractivity contribution in [1.29, 1.82) is 0 Å². The van der Waals surface area contributed by atoms with Gasteiger partial charge in [0.1, 0.15) is 56.2 Å². The van der Waals surface area contributed by atoms with E-state index < -0.39 is 29.7 Å². The summed E-state index contributed by atoms with van der Waals surface area (Å²) in [5.74, 6) is 3.06. The molecule has 0 radical (unpaired) electrons. The van der Waals surface area contributed by atoms with Gasteiger partial charge in [-0.15, -0.1) is 64.6 Å². The highest BCUT2D eigenvalue weighted by Crippen LogP contribution is 2.43. The lowest BCUT2D eigenvalue weighted by atomic mass is 9.99. The number of hydrogen-bond donors (Lipinski definition) is 2. The number of aryl methyl sites for hydroxylation is 6. The Morgan fingerprint density at radius 3 is 1.16 bits per heavy atom. The van der Waals surface area contributed by atoms with Crippen molar-refractivity contribution < 1.29 is 24.2 Å². The highest BCUT2D eigenvalue weighted by molar-refractivity contribution is 7.15. The lowest BCUT2D eigenvalue weighted by Crippen LogP contribution is -2.46. The Bertz CT molecular complexity index is 4350. The first-order valence-electron chi connectivity index (χ1n) is 29.4. The van der Waals surface area contributed by atoms with E-state index in [1.54, 1.807) is 34.0 Å². The molecule has 19 nitrogen and oxygen atoms in total. The molecular formula is C65H67Cl3N14O5S3. The number of carboxylic acid groups (broad SMARTS) is 1. The molecule has 13 rings (SSSR count). The number of aliphatic carboxylic acids is 1. The van der Waals surface area contributed by atoms with Crippen LogP contribution in [0.25, 0.3) is 15.0 Å². The molecule has 6 aromatic heterocycles. The Labute approximate surface area is 548 Å². The first kappa shape index (κ1) is 64.0. The van der Waals surface area contributed by atoms with E-state index in [0.717, 1.165) is 126 Å². The van der Waals surface area contributed by atoms with Crippen LogP contribution in [-0.4, -0.2) is 121 Å². The molecule has 4 aliphatic rings. The third-order valence-corrected chi connectivity index (χ3v) is 20.4. The number of carbonyl (C=O) groups is 3. The third kappa shape index (κ3) is 12.9. The number of thiophene rings is 3. The molecule has 1 fully saturated rings. The van der Waals surface area contributed by atoms with E-state index in [0.29, 0.717) is 26.7 Å². The Kier molecular flexibility index (Phi) is 18.5. The van der Waals surface area contributed by atoms with Crippen molar-refractivity contribution in [1.82, 2.24) is 54.5 Å². The zero-order chi connectivity index (χ0) is 64.2. The second kappa shape index (κ2) is 26.0. The molecule has 0 spiro atoms. The molecular weight excluding hydrogens is 1260 g/mol. The summed E-state index contributed by atoms with van der Waals surface area (Å²) in [4.78, 5) is 58.0.